The summed E-state index contributed by atoms with van der Waals surface area (Å²) in [7, 11) is 1.99. The molecule has 1 aliphatic heterocycles. The monoisotopic (exact) mass is 195 g/mol. The third-order valence-electron chi connectivity index (χ3n) is 3.05. The Morgan fingerprint density at radius 2 is 2.36 bits per heavy atom. The second-order valence-corrected chi connectivity index (χ2v) is 4.00. The topological polar surface area (TPSA) is 39.1 Å². The van der Waals surface area contributed by atoms with Gasteiger partial charge in [-0.2, -0.15) is 5.26 Å². The quantitative estimate of drug-likeness (QED) is 0.736. The van der Waals surface area contributed by atoms with Crippen molar-refractivity contribution in [3.63, 3.8) is 0 Å². The Morgan fingerprint density at radius 1 is 1.57 bits per heavy atom. The van der Waals surface area contributed by atoms with Gasteiger partial charge in [-0.15, -0.1) is 0 Å². The van der Waals surface area contributed by atoms with E-state index >= 15 is 0 Å². The molecule has 1 N–H and O–H groups in total. The molecule has 0 aliphatic carbocycles. The first-order valence-electron chi connectivity index (χ1n) is 5.63. The normalized spacial score (nSPS) is 25.6. The van der Waals surface area contributed by atoms with Crippen LogP contribution in [0.15, 0.2) is 0 Å². The summed E-state index contributed by atoms with van der Waals surface area (Å²) in [4.78, 5) is 2.38. The molecule has 1 heterocycles. The van der Waals surface area contributed by atoms with Crippen molar-refractivity contribution in [2.24, 2.45) is 0 Å². The SMILES string of the molecule is CCC(C#N)N1CCCCC1CNC. The largest absolute Gasteiger partial charge is 0.318 e. The third kappa shape index (κ3) is 2.70. The molecule has 1 aliphatic rings. The van der Waals surface area contributed by atoms with Crippen LogP contribution in [0.1, 0.15) is 32.6 Å². The van der Waals surface area contributed by atoms with Crippen molar-refractivity contribution in [1.82, 2.24) is 10.2 Å². The fourth-order valence-corrected chi connectivity index (χ4v) is 2.29. The lowest BCUT2D eigenvalue weighted by Crippen LogP contribution is -2.49. The van der Waals surface area contributed by atoms with Gasteiger partial charge in [-0.3, -0.25) is 4.90 Å². The van der Waals surface area contributed by atoms with Crippen molar-refractivity contribution in [2.75, 3.05) is 20.1 Å². The number of likely N-dealkylation sites (tertiary alicyclic amines) is 1. The predicted octanol–water partition coefficient (Wildman–Crippen LogP) is 1.36. The zero-order valence-corrected chi connectivity index (χ0v) is 9.29. The third-order valence-corrected chi connectivity index (χ3v) is 3.05. The van der Waals surface area contributed by atoms with Crippen LogP contribution >= 0.6 is 0 Å². The Morgan fingerprint density at radius 3 is 2.93 bits per heavy atom. The van der Waals surface area contributed by atoms with E-state index < -0.39 is 0 Å². The van der Waals surface area contributed by atoms with E-state index in [1.807, 2.05) is 7.05 Å². The van der Waals surface area contributed by atoms with Gasteiger partial charge in [-0.25, -0.2) is 0 Å². The number of piperidine rings is 1. The van der Waals surface area contributed by atoms with Crippen molar-refractivity contribution in [3.05, 3.63) is 0 Å². The Labute approximate surface area is 87.1 Å². The molecular weight excluding hydrogens is 174 g/mol. The van der Waals surface area contributed by atoms with Gasteiger partial charge in [0.25, 0.3) is 0 Å². The van der Waals surface area contributed by atoms with E-state index in [1.54, 1.807) is 0 Å². The molecule has 2 atom stereocenters. The lowest BCUT2D eigenvalue weighted by Gasteiger charge is -2.38. The zero-order chi connectivity index (χ0) is 10.4. The van der Waals surface area contributed by atoms with Gasteiger partial charge < -0.3 is 5.32 Å². The fraction of sp³-hybridized carbons (Fsp3) is 0.909. The fourth-order valence-electron chi connectivity index (χ4n) is 2.29. The van der Waals surface area contributed by atoms with E-state index in [1.165, 1.54) is 19.3 Å². The smallest absolute Gasteiger partial charge is 0.0978 e. The second kappa shape index (κ2) is 6.00. The number of likely N-dealkylation sites (N-methyl/N-ethyl adjacent to an activating group) is 1. The van der Waals surface area contributed by atoms with Crippen molar-refractivity contribution in [3.8, 4) is 6.07 Å². The maximum Gasteiger partial charge on any atom is 0.0978 e. The van der Waals surface area contributed by atoms with E-state index in [9.17, 15) is 0 Å². The van der Waals surface area contributed by atoms with Gasteiger partial charge in [0.1, 0.15) is 0 Å². The molecular formula is C11H21N3. The van der Waals surface area contributed by atoms with Gasteiger partial charge in [-0.05, 0) is 32.9 Å². The van der Waals surface area contributed by atoms with E-state index in [0.29, 0.717) is 6.04 Å². The first-order valence-corrected chi connectivity index (χ1v) is 5.63. The van der Waals surface area contributed by atoms with Crippen molar-refractivity contribution in [2.45, 2.75) is 44.7 Å². The van der Waals surface area contributed by atoms with Crippen molar-refractivity contribution in [1.29, 1.82) is 5.26 Å². The van der Waals surface area contributed by atoms with Crippen LogP contribution in [-0.2, 0) is 0 Å². The lowest BCUT2D eigenvalue weighted by atomic mass is 9.99. The van der Waals surface area contributed by atoms with Gasteiger partial charge in [0, 0.05) is 12.6 Å². The minimum Gasteiger partial charge on any atom is -0.318 e. The molecule has 1 saturated heterocycles. The summed E-state index contributed by atoms with van der Waals surface area (Å²) in [5, 5.41) is 12.3. The number of rotatable bonds is 4. The molecule has 14 heavy (non-hydrogen) atoms. The maximum absolute atomic E-state index is 9.05. The molecule has 3 nitrogen and oxygen atoms in total. The van der Waals surface area contributed by atoms with Crippen LogP contribution < -0.4 is 5.32 Å². The van der Waals surface area contributed by atoms with Crippen LogP contribution in [0.5, 0.6) is 0 Å². The average molecular weight is 195 g/mol. The number of hydrogen-bond donors (Lipinski definition) is 1. The molecule has 1 rings (SSSR count). The molecule has 0 spiro atoms. The first kappa shape index (κ1) is 11.5. The maximum atomic E-state index is 9.05. The van der Waals surface area contributed by atoms with E-state index in [4.69, 9.17) is 5.26 Å². The highest BCUT2D eigenvalue weighted by molar-refractivity contribution is 4.95. The minimum atomic E-state index is 0.119. The Kier molecular flexibility index (Phi) is 4.92. The molecule has 0 saturated carbocycles. The standard InChI is InChI=1S/C11H21N3/c1-3-10(8-12)14-7-5-4-6-11(14)9-13-2/h10-11,13H,3-7,9H2,1-2H3. The first-order chi connectivity index (χ1) is 6.83. The Balaban J connectivity index is 2.57. The molecule has 0 bridgehead atoms. The summed E-state index contributed by atoms with van der Waals surface area (Å²) in [6.07, 6.45) is 4.73. The van der Waals surface area contributed by atoms with Crippen LogP contribution in [0.2, 0.25) is 0 Å². The predicted molar refractivity (Wildman–Crippen MR) is 58.0 cm³/mol. The molecule has 2 unspecified atom stereocenters. The molecule has 0 aromatic heterocycles. The Hall–Kier alpha value is -0.590. The highest BCUT2D eigenvalue weighted by Crippen LogP contribution is 2.20. The van der Waals surface area contributed by atoms with Crippen LogP contribution in [-0.4, -0.2) is 37.1 Å². The van der Waals surface area contributed by atoms with E-state index in [-0.39, 0.29) is 6.04 Å². The molecule has 0 aromatic carbocycles. The minimum absolute atomic E-state index is 0.119. The molecule has 3 heteroatoms. The van der Waals surface area contributed by atoms with Crippen LogP contribution in [0.4, 0.5) is 0 Å². The lowest BCUT2D eigenvalue weighted by molar-refractivity contribution is 0.117. The van der Waals surface area contributed by atoms with Crippen LogP contribution in [0.25, 0.3) is 0 Å². The zero-order valence-electron chi connectivity index (χ0n) is 9.29. The second-order valence-electron chi connectivity index (χ2n) is 4.00. The Bertz CT molecular complexity index is 195. The summed E-state index contributed by atoms with van der Waals surface area (Å²) in [5.74, 6) is 0. The molecule has 1 fully saturated rings. The summed E-state index contributed by atoms with van der Waals surface area (Å²) in [6.45, 7) is 4.20. The molecule has 0 amide bonds. The number of nitrogens with one attached hydrogen (secondary N) is 1. The van der Waals surface area contributed by atoms with Gasteiger partial charge in [-0.1, -0.05) is 13.3 Å². The van der Waals surface area contributed by atoms with E-state index in [0.717, 1.165) is 19.5 Å². The van der Waals surface area contributed by atoms with Crippen LogP contribution in [0.3, 0.4) is 0 Å². The molecule has 0 radical (unpaired) electrons. The average Bonchev–Trinajstić information content (AvgIpc) is 2.23. The van der Waals surface area contributed by atoms with Crippen LogP contribution in [0, 0.1) is 11.3 Å². The van der Waals surface area contributed by atoms with Gasteiger partial charge in [0.2, 0.25) is 0 Å². The summed E-state index contributed by atoms with van der Waals surface area (Å²) < 4.78 is 0. The highest BCUT2D eigenvalue weighted by Gasteiger charge is 2.26. The number of hydrogen-bond acceptors (Lipinski definition) is 3. The number of nitrogens with zero attached hydrogens (tertiary/aromatic N) is 2. The van der Waals surface area contributed by atoms with Gasteiger partial charge in [0.05, 0.1) is 12.1 Å². The molecule has 80 valence electrons. The van der Waals surface area contributed by atoms with Crippen molar-refractivity contribution < 1.29 is 0 Å². The molecule has 0 aromatic rings. The summed E-state index contributed by atoms with van der Waals surface area (Å²) >= 11 is 0. The van der Waals surface area contributed by atoms with Gasteiger partial charge >= 0.3 is 0 Å². The van der Waals surface area contributed by atoms with Gasteiger partial charge in [0.15, 0.2) is 0 Å². The number of nitriles is 1. The van der Waals surface area contributed by atoms with Crippen molar-refractivity contribution >= 4 is 0 Å². The highest BCUT2D eigenvalue weighted by atomic mass is 15.2. The van der Waals surface area contributed by atoms with E-state index in [2.05, 4.69) is 23.2 Å². The summed E-state index contributed by atoms with van der Waals surface area (Å²) in [6, 6.07) is 3.10. The summed E-state index contributed by atoms with van der Waals surface area (Å²) in [5.41, 5.74) is 0.